The topological polar surface area (TPSA) is 329 Å². The van der Waals surface area contributed by atoms with Gasteiger partial charge in [0.15, 0.2) is 0 Å². The van der Waals surface area contributed by atoms with Gasteiger partial charge in [-0.25, -0.2) is 4.79 Å². The molecule has 44 heavy (non-hydrogen) atoms. The van der Waals surface area contributed by atoms with E-state index in [9.17, 15) is 48.3 Å². The van der Waals surface area contributed by atoms with E-state index in [1.165, 1.54) is 0 Å². The Balaban J connectivity index is 6.07. The van der Waals surface area contributed by atoms with Gasteiger partial charge in [0.1, 0.15) is 24.2 Å². The molecular formula is C25H39N5O14. The summed E-state index contributed by atoms with van der Waals surface area (Å²) in [6.07, 6.45) is -4.49. The Hall–Kier alpha value is -4.81. The van der Waals surface area contributed by atoms with Gasteiger partial charge in [0.2, 0.25) is 23.6 Å². The molecule has 0 saturated carbocycles. The lowest BCUT2D eigenvalue weighted by molar-refractivity contribution is -0.143. The minimum Gasteiger partial charge on any atom is -0.481 e. The van der Waals surface area contributed by atoms with Crippen LogP contribution in [0.15, 0.2) is 0 Å². The monoisotopic (exact) mass is 633 g/mol. The molecule has 0 spiro atoms. The Morgan fingerprint density at radius 3 is 1.11 bits per heavy atom. The third-order valence-corrected chi connectivity index (χ3v) is 5.89. The Bertz CT molecular complexity index is 1100. The SMILES string of the molecule is CC(C)CC(NC(=O)C(CCC(=O)O)NC(=O)C(CCC(=O)O)NC(=O)C(CCC(=O)O)NC(=O)C(N)CC(=O)O)C(=O)O. The number of rotatable bonds is 22. The highest BCUT2D eigenvalue weighted by Gasteiger charge is 2.33. The smallest absolute Gasteiger partial charge is 0.326 e. The first-order valence-corrected chi connectivity index (χ1v) is 13.4. The van der Waals surface area contributed by atoms with Gasteiger partial charge >= 0.3 is 29.8 Å². The van der Waals surface area contributed by atoms with Gasteiger partial charge in [-0.1, -0.05) is 13.8 Å². The van der Waals surface area contributed by atoms with Crippen molar-refractivity contribution in [2.45, 2.75) is 95.4 Å². The van der Waals surface area contributed by atoms with Crippen molar-refractivity contribution >= 4 is 53.5 Å². The molecule has 0 fully saturated rings. The van der Waals surface area contributed by atoms with Crippen LogP contribution >= 0.6 is 0 Å². The van der Waals surface area contributed by atoms with Crippen molar-refractivity contribution in [2.24, 2.45) is 11.7 Å². The second kappa shape index (κ2) is 19.4. The van der Waals surface area contributed by atoms with E-state index >= 15 is 0 Å². The van der Waals surface area contributed by atoms with Gasteiger partial charge in [-0.2, -0.15) is 0 Å². The van der Waals surface area contributed by atoms with Gasteiger partial charge in [-0.15, -0.1) is 0 Å². The van der Waals surface area contributed by atoms with Gasteiger partial charge in [0, 0.05) is 19.3 Å². The van der Waals surface area contributed by atoms with E-state index in [1.54, 1.807) is 13.8 Å². The maximum Gasteiger partial charge on any atom is 0.326 e. The Morgan fingerprint density at radius 2 is 0.841 bits per heavy atom. The van der Waals surface area contributed by atoms with E-state index in [2.05, 4.69) is 21.3 Å². The van der Waals surface area contributed by atoms with Gasteiger partial charge in [-0.3, -0.25) is 38.4 Å². The molecule has 0 bridgehead atoms. The van der Waals surface area contributed by atoms with Crippen LogP contribution in [0.5, 0.6) is 0 Å². The highest BCUT2D eigenvalue weighted by Crippen LogP contribution is 2.09. The van der Waals surface area contributed by atoms with E-state index in [4.69, 9.17) is 26.2 Å². The van der Waals surface area contributed by atoms with Crippen LogP contribution in [0.4, 0.5) is 0 Å². The molecule has 19 nitrogen and oxygen atoms in total. The minimum atomic E-state index is -1.72. The van der Waals surface area contributed by atoms with E-state index in [0.29, 0.717) is 0 Å². The normalized spacial score (nSPS) is 14.2. The molecule has 0 aromatic rings. The fourth-order valence-corrected chi connectivity index (χ4v) is 3.68. The highest BCUT2D eigenvalue weighted by atomic mass is 16.4. The number of carboxylic acid groups (broad SMARTS) is 5. The molecule has 0 aliphatic rings. The van der Waals surface area contributed by atoms with E-state index in [-0.39, 0.29) is 12.3 Å². The van der Waals surface area contributed by atoms with Crippen molar-refractivity contribution in [3.8, 4) is 0 Å². The van der Waals surface area contributed by atoms with Crippen molar-refractivity contribution < 1.29 is 68.7 Å². The maximum absolute atomic E-state index is 13.2. The number of nitrogens with one attached hydrogen (secondary N) is 4. The zero-order chi connectivity index (χ0) is 34.1. The van der Waals surface area contributed by atoms with Crippen LogP contribution in [-0.4, -0.2) is 109 Å². The molecule has 0 aromatic heterocycles. The van der Waals surface area contributed by atoms with E-state index in [0.717, 1.165) is 0 Å². The molecule has 5 unspecified atom stereocenters. The zero-order valence-corrected chi connectivity index (χ0v) is 24.1. The summed E-state index contributed by atoms with van der Waals surface area (Å²) in [4.78, 5) is 107. The van der Waals surface area contributed by atoms with Crippen molar-refractivity contribution in [1.29, 1.82) is 0 Å². The zero-order valence-electron chi connectivity index (χ0n) is 24.1. The molecule has 11 N–H and O–H groups in total. The molecule has 0 aliphatic heterocycles. The molecule has 5 atom stereocenters. The third-order valence-electron chi connectivity index (χ3n) is 5.89. The molecule has 248 valence electrons. The van der Waals surface area contributed by atoms with Gasteiger partial charge in [0.25, 0.3) is 0 Å². The van der Waals surface area contributed by atoms with Crippen LogP contribution < -0.4 is 27.0 Å². The summed E-state index contributed by atoms with van der Waals surface area (Å²) in [6.45, 7) is 3.38. The van der Waals surface area contributed by atoms with Crippen LogP contribution in [0.1, 0.15) is 65.2 Å². The first-order chi connectivity index (χ1) is 20.3. The Morgan fingerprint density at radius 1 is 0.523 bits per heavy atom. The number of hydrogen-bond donors (Lipinski definition) is 10. The largest absolute Gasteiger partial charge is 0.481 e. The number of carbonyl (C=O) groups is 9. The fraction of sp³-hybridized carbons (Fsp3) is 0.640. The summed E-state index contributed by atoms with van der Waals surface area (Å²) < 4.78 is 0. The Kier molecular flexibility index (Phi) is 17.3. The molecule has 0 aromatic carbocycles. The lowest BCUT2D eigenvalue weighted by Crippen LogP contribution is -2.58. The van der Waals surface area contributed by atoms with Crippen LogP contribution in [-0.2, 0) is 43.2 Å². The van der Waals surface area contributed by atoms with Crippen LogP contribution in [0, 0.1) is 5.92 Å². The molecule has 0 heterocycles. The average Bonchev–Trinajstić information content (AvgIpc) is 2.89. The second-order valence-corrected chi connectivity index (χ2v) is 10.2. The first kappa shape index (κ1) is 39.2. The van der Waals surface area contributed by atoms with Gasteiger partial charge < -0.3 is 52.5 Å². The molecule has 4 amide bonds. The molecule has 0 aliphatic carbocycles. The summed E-state index contributed by atoms with van der Waals surface area (Å²) in [5.41, 5.74) is 5.48. The number of nitrogens with two attached hydrogens (primary N) is 1. The molecule has 0 radical (unpaired) electrons. The number of carbonyl (C=O) groups excluding carboxylic acids is 4. The first-order valence-electron chi connectivity index (χ1n) is 13.4. The van der Waals surface area contributed by atoms with Crippen LogP contribution in [0.25, 0.3) is 0 Å². The lowest BCUT2D eigenvalue weighted by Gasteiger charge is -2.26. The van der Waals surface area contributed by atoms with E-state index < -0.39 is 129 Å². The van der Waals surface area contributed by atoms with Crippen LogP contribution in [0.2, 0.25) is 0 Å². The number of carboxylic acids is 5. The highest BCUT2D eigenvalue weighted by molar-refractivity contribution is 5.96. The summed E-state index contributed by atoms with van der Waals surface area (Å²) >= 11 is 0. The molecule has 0 rings (SSSR count). The Labute approximate surface area is 250 Å². The summed E-state index contributed by atoms with van der Waals surface area (Å²) in [6, 6.07) is -8.04. The fourth-order valence-electron chi connectivity index (χ4n) is 3.68. The lowest BCUT2D eigenvalue weighted by atomic mass is 10.0. The van der Waals surface area contributed by atoms with Crippen molar-refractivity contribution in [3.05, 3.63) is 0 Å². The van der Waals surface area contributed by atoms with Crippen molar-refractivity contribution in [2.75, 3.05) is 0 Å². The molecule has 0 saturated heterocycles. The summed E-state index contributed by atoms with van der Waals surface area (Å²) in [5, 5.41) is 54.1. The molecular weight excluding hydrogens is 594 g/mol. The quantitative estimate of drug-likeness (QED) is 0.0586. The number of hydrogen-bond acceptors (Lipinski definition) is 10. The van der Waals surface area contributed by atoms with Crippen LogP contribution in [0.3, 0.4) is 0 Å². The van der Waals surface area contributed by atoms with Crippen molar-refractivity contribution in [1.82, 2.24) is 21.3 Å². The predicted molar refractivity (Wildman–Crippen MR) is 146 cm³/mol. The number of aliphatic carboxylic acids is 5. The summed E-state index contributed by atoms with van der Waals surface area (Å²) in [5.74, 6) is -11.7. The average molecular weight is 634 g/mol. The minimum absolute atomic E-state index is 0.00244. The second-order valence-electron chi connectivity index (χ2n) is 10.2. The third kappa shape index (κ3) is 16.6. The molecule has 19 heteroatoms. The van der Waals surface area contributed by atoms with E-state index in [1.807, 2.05) is 0 Å². The standard InChI is InChI=1S/C25H39N5O14/c1-11(2)9-16(25(43)44)30-24(42)15(5-8-19(35)36)29-23(41)14(4-7-18(33)34)28-22(40)13(3-6-17(31)32)27-21(39)12(26)10-20(37)38/h11-16H,3-10,26H2,1-2H3,(H,27,39)(H,28,40)(H,29,41)(H,30,42)(H,31,32)(H,33,34)(H,35,36)(H,37,38)(H,43,44). The van der Waals surface area contributed by atoms with Gasteiger partial charge in [-0.05, 0) is 31.6 Å². The summed E-state index contributed by atoms with van der Waals surface area (Å²) in [7, 11) is 0. The maximum atomic E-state index is 13.2. The van der Waals surface area contributed by atoms with Crippen molar-refractivity contribution in [3.63, 3.8) is 0 Å². The predicted octanol–water partition coefficient (Wildman–Crippen LogP) is -2.55. The number of amides is 4. The van der Waals surface area contributed by atoms with Gasteiger partial charge in [0.05, 0.1) is 12.5 Å².